The van der Waals surface area contributed by atoms with Crippen molar-refractivity contribution in [1.82, 2.24) is 4.90 Å². The molecule has 0 radical (unpaired) electrons. The fourth-order valence-corrected chi connectivity index (χ4v) is 4.95. The van der Waals surface area contributed by atoms with Crippen LogP contribution >= 0.6 is 0 Å². The average molecular weight is 490 g/mol. The highest BCUT2D eigenvalue weighted by molar-refractivity contribution is 6.74. The lowest BCUT2D eigenvalue weighted by molar-refractivity contribution is -0.149. The molecule has 1 aromatic carbocycles. The number of ether oxygens (including phenoxy) is 3. The first-order chi connectivity index (χ1) is 15.9. The molecule has 0 aromatic heterocycles. The van der Waals surface area contributed by atoms with E-state index in [1.165, 1.54) is 12.0 Å². The van der Waals surface area contributed by atoms with Gasteiger partial charge in [-0.1, -0.05) is 57.2 Å². The molecule has 188 valence electrons. The van der Waals surface area contributed by atoms with Crippen LogP contribution in [-0.2, 0) is 30.0 Å². The highest BCUT2D eigenvalue weighted by Gasteiger charge is 2.58. The van der Waals surface area contributed by atoms with Crippen LogP contribution in [0.15, 0.2) is 54.8 Å². The molecule has 1 aliphatic rings. The molecule has 0 aliphatic carbocycles. The molecule has 2 atom stereocenters. The maximum Gasteiger partial charge on any atom is 0.411 e. The fourth-order valence-electron chi connectivity index (χ4n) is 3.90. The van der Waals surface area contributed by atoms with E-state index in [4.69, 9.17) is 18.6 Å². The van der Waals surface area contributed by atoms with Crippen LogP contribution in [0.5, 0.6) is 0 Å². The molecule has 1 aliphatic heterocycles. The van der Waals surface area contributed by atoms with Crippen molar-refractivity contribution in [3.63, 3.8) is 0 Å². The normalized spacial score (nSPS) is 21.9. The summed E-state index contributed by atoms with van der Waals surface area (Å²) in [5, 5.41) is -0.0266. The Labute approximate surface area is 204 Å². The van der Waals surface area contributed by atoms with E-state index in [1.807, 2.05) is 30.3 Å². The van der Waals surface area contributed by atoms with Crippen LogP contribution in [0.1, 0.15) is 32.8 Å². The largest absolute Gasteiger partial charge is 0.504 e. The first-order valence-corrected chi connectivity index (χ1v) is 14.4. The summed E-state index contributed by atoms with van der Waals surface area (Å²) in [5.41, 5.74) is 0.739. The Balaban J connectivity index is 2.45. The molecule has 34 heavy (non-hydrogen) atoms. The zero-order valence-electron chi connectivity index (χ0n) is 21.6. The Morgan fingerprint density at radius 2 is 1.85 bits per heavy atom. The summed E-state index contributed by atoms with van der Waals surface area (Å²) in [6.45, 7) is 15.2. The second-order valence-corrected chi connectivity index (χ2v) is 15.0. The predicted molar refractivity (Wildman–Crippen MR) is 135 cm³/mol. The van der Waals surface area contributed by atoms with Crippen LogP contribution in [0, 0.1) is 5.41 Å². The van der Waals surface area contributed by atoms with Crippen molar-refractivity contribution in [2.45, 2.75) is 58.0 Å². The Kier molecular flexibility index (Phi) is 9.13. The summed E-state index contributed by atoms with van der Waals surface area (Å²) in [4.78, 5) is 27.8. The fraction of sp³-hybridized carbons (Fsp3) is 0.538. The van der Waals surface area contributed by atoms with Crippen LogP contribution in [-0.4, -0.2) is 58.7 Å². The zero-order valence-corrected chi connectivity index (χ0v) is 22.6. The van der Waals surface area contributed by atoms with E-state index in [-0.39, 0.29) is 24.8 Å². The molecular formula is C26H39NO6Si. The minimum Gasteiger partial charge on any atom is -0.504 e. The number of carbonyl (C=O) groups is 2. The number of amides is 1. The van der Waals surface area contributed by atoms with Crippen molar-refractivity contribution >= 4 is 20.4 Å². The number of allylic oxidation sites excluding steroid dienone is 1. The molecule has 0 saturated carbocycles. The van der Waals surface area contributed by atoms with Gasteiger partial charge in [-0.25, -0.2) is 9.59 Å². The summed E-state index contributed by atoms with van der Waals surface area (Å²) in [5.74, 6) is -0.531. The van der Waals surface area contributed by atoms with Gasteiger partial charge in [0.15, 0.2) is 8.32 Å². The molecule has 1 saturated heterocycles. The molecule has 1 amide bonds. The first kappa shape index (κ1) is 27.7. The topological polar surface area (TPSA) is 74.3 Å². The average Bonchev–Trinajstić information content (AvgIpc) is 3.10. The third kappa shape index (κ3) is 5.91. The number of methoxy groups -OCH3 is 2. The second kappa shape index (κ2) is 11.2. The van der Waals surface area contributed by atoms with Crippen molar-refractivity contribution < 1.29 is 28.2 Å². The van der Waals surface area contributed by atoms with Gasteiger partial charge in [-0.05, 0) is 35.7 Å². The maximum absolute atomic E-state index is 13.2. The maximum atomic E-state index is 13.2. The third-order valence-electron chi connectivity index (χ3n) is 6.94. The van der Waals surface area contributed by atoms with E-state index in [0.717, 1.165) is 11.1 Å². The van der Waals surface area contributed by atoms with Crippen LogP contribution in [0.3, 0.4) is 0 Å². The Morgan fingerprint density at radius 3 is 2.38 bits per heavy atom. The molecule has 7 nitrogen and oxygen atoms in total. The van der Waals surface area contributed by atoms with Gasteiger partial charge in [-0.3, -0.25) is 4.90 Å². The predicted octanol–water partition coefficient (Wildman–Crippen LogP) is 5.30. The van der Waals surface area contributed by atoms with Crippen molar-refractivity contribution in [1.29, 1.82) is 0 Å². The molecular weight excluding hydrogens is 450 g/mol. The Bertz CT molecular complexity index is 892. The van der Waals surface area contributed by atoms with E-state index >= 15 is 0 Å². The van der Waals surface area contributed by atoms with E-state index in [0.29, 0.717) is 6.42 Å². The number of rotatable bonds is 9. The SMILES string of the molecule is C=CC[C@]1(CO[Si](C)(C)C(C)(C)C)/C(=C/OC)CN(C(=O)OCc2ccccc2)[C@@H]1C(=O)OC. The highest BCUT2D eigenvalue weighted by Crippen LogP contribution is 2.48. The lowest BCUT2D eigenvalue weighted by Gasteiger charge is -2.42. The van der Waals surface area contributed by atoms with E-state index in [1.54, 1.807) is 19.4 Å². The Morgan fingerprint density at radius 1 is 1.21 bits per heavy atom. The van der Waals surface area contributed by atoms with Gasteiger partial charge in [0.05, 0.1) is 25.9 Å². The van der Waals surface area contributed by atoms with Crippen molar-refractivity contribution in [2.75, 3.05) is 27.4 Å². The summed E-state index contributed by atoms with van der Waals surface area (Å²) in [6, 6.07) is 8.46. The van der Waals surface area contributed by atoms with Crippen LogP contribution in [0.25, 0.3) is 0 Å². The second-order valence-electron chi connectivity index (χ2n) is 10.2. The standard InChI is InChI=1S/C26H39NO6Si/c1-9-15-26(19-33-34(7,8)25(2,3)4)21(18-30-5)16-27(22(26)23(28)31-6)24(29)32-17-20-13-11-10-12-14-20/h9-14,18,22H,1,15-17,19H2,2-8H3/b21-18+/t22-,26+/m1/s1. The summed E-state index contributed by atoms with van der Waals surface area (Å²) in [6.07, 6.45) is 3.14. The number of benzene rings is 1. The molecule has 1 heterocycles. The van der Waals surface area contributed by atoms with Gasteiger partial charge >= 0.3 is 12.1 Å². The summed E-state index contributed by atoms with van der Waals surface area (Å²) < 4.78 is 22.7. The van der Waals surface area contributed by atoms with E-state index in [2.05, 4.69) is 40.4 Å². The van der Waals surface area contributed by atoms with Crippen molar-refractivity contribution in [2.24, 2.45) is 5.41 Å². The molecule has 0 N–H and O–H groups in total. The van der Waals surface area contributed by atoms with E-state index in [9.17, 15) is 9.59 Å². The van der Waals surface area contributed by atoms with Gasteiger partial charge in [0.2, 0.25) is 0 Å². The van der Waals surface area contributed by atoms with Gasteiger partial charge in [0.1, 0.15) is 12.6 Å². The van der Waals surface area contributed by atoms with Gasteiger partial charge in [-0.2, -0.15) is 0 Å². The minimum absolute atomic E-state index is 0.0266. The zero-order chi connectivity index (χ0) is 25.6. The Hall–Kier alpha value is -2.58. The molecule has 0 spiro atoms. The van der Waals surface area contributed by atoms with Crippen LogP contribution in [0.2, 0.25) is 18.1 Å². The van der Waals surface area contributed by atoms with Crippen molar-refractivity contribution in [3.8, 4) is 0 Å². The quantitative estimate of drug-likeness (QED) is 0.203. The summed E-state index contributed by atoms with van der Waals surface area (Å²) in [7, 11) is 0.693. The highest BCUT2D eigenvalue weighted by atomic mass is 28.4. The van der Waals surface area contributed by atoms with Gasteiger partial charge in [-0.15, -0.1) is 6.58 Å². The lowest BCUT2D eigenvalue weighted by Crippen LogP contribution is -2.53. The number of hydrogen-bond donors (Lipinski definition) is 0. The number of carbonyl (C=O) groups excluding carboxylic acids is 2. The minimum atomic E-state index is -2.17. The molecule has 0 bridgehead atoms. The smallest absolute Gasteiger partial charge is 0.411 e. The molecule has 8 heteroatoms. The molecule has 0 unspecified atom stereocenters. The molecule has 2 rings (SSSR count). The monoisotopic (exact) mass is 489 g/mol. The van der Waals surface area contributed by atoms with E-state index < -0.39 is 31.8 Å². The first-order valence-electron chi connectivity index (χ1n) is 11.5. The summed E-state index contributed by atoms with van der Waals surface area (Å²) >= 11 is 0. The van der Waals surface area contributed by atoms with Gasteiger partial charge < -0.3 is 18.6 Å². The lowest BCUT2D eigenvalue weighted by atomic mass is 9.75. The van der Waals surface area contributed by atoms with Crippen LogP contribution in [0.4, 0.5) is 4.79 Å². The van der Waals surface area contributed by atoms with Gasteiger partial charge in [0.25, 0.3) is 0 Å². The number of likely N-dealkylation sites (tertiary alicyclic amines) is 1. The molecule has 1 aromatic rings. The van der Waals surface area contributed by atoms with Gasteiger partial charge in [0, 0.05) is 13.2 Å². The number of esters is 1. The van der Waals surface area contributed by atoms with Crippen LogP contribution < -0.4 is 0 Å². The number of hydrogen-bond acceptors (Lipinski definition) is 6. The number of nitrogens with zero attached hydrogens (tertiary/aromatic N) is 1. The van der Waals surface area contributed by atoms with Crippen molar-refractivity contribution in [3.05, 3.63) is 60.4 Å². The third-order valence-corrected chi connectivity index (χ3v) is 11.4. The molecule has 1 fully saturated rings.